The van der Waals surface area contributed by atoms with Crippen molar-refractivity contribution in [1.29, 1.82) is 0 Å². The van der Waals surface area contributed by atoms with E-state index in [0.29, 0.717) is 5.06 Å². The van der Waals surface area contributed by atoms with Crippen molar-refractivity contribution in [3.8, 4) is 5.06 Å². The fraction of sp³-hybridized carbons (Fsp3) is 0.375. The normalized spacial score (nSPS) is 11.2. The van der Waals surface area contributed by atoms with Crippen LogP contribution in [0.2, 0.25) is 0 Å². The van der Waals surface area contributed by atoms with Gasteiger partial charge in [0.05, 0.1) is 0 Å². The molecule has 6 heteroatoms. The van der Waals surface area contributed by atoms with E-state index >= 15 is 0 Å². The second kappa shape index (κ2) is 4.56. The van der Waals surface area contributed by atoms with Crippen molar-refractivity contribution < 1.29 is 17.9 Å². The number of hydrogen-bond donors (Lipinski definition) is 0. The van der Waals surface area contributed by atoms with E-state index in [9.17, 15) is 13.2 Å². The van der Waals surface area contributed by atoms with Crippen LogP contribution in [0.5, 0.6) is 5.06 Å². The minimum Gasteiger partial charge on any atom is -0.415 e. The molecule has 14 heavy (non-hydrogen) atoms. The maximum atomic E-state index is 11.1. The Hall–Kier alpha value is -0.880. The zero-order valence-corrected chi connectivity index (χ0v) is 9.23. The molecule has 0 aliphatic rings. The Balaban J connectivity index is 2.53. The van der Waals surface area contributed by atoms with E-state index in [-0.39, 0.29) is 5.75 Å². The van der Waals surface area contributed by atoms with Crippen LogP contribution in [0.3, 0.4) is 0 Å². The summed E-state index contributed by atoms with van der Waals surface area (Å²) in [6, 6.07) is 3.34. The van der Waals surface area contributed by atoms with Crippen LogP contribution in [0.15, 0.2) is 17.5 Å². The van der Waals surface area contributed by atoms with E-state index < -0.39 is 21.6 Å². The molecule has 1 heterocycles. The molecule has 0 aromatic carbocycles. The zero-order valence-electron chi connectivity index (χ0n) is 7.60. The predicted molar refractivity (Wildman–Crippen MR) is 54.3 cm³/mol. The highest BCUT2D eigenvalue weighted by molar-refractivity contribution is 7.92. The minimum atomic E-state index is -3.29. The first kappa shape index (κ1) is 11.2. The monoisotopic (exact) mass is 234 g/mol. The first-order chi connectivity index (χ1) is 6.53. The van der Waals surface area contributed by atoms with Crippen LogP contribution in [0.25, 0.3) is 0 Å². The molecule has 0 fully saturated rings. The predicted octanol–water partition coefficient (Wildman–Crippen LogP) is 1.09. The number of sulfone groups is 1. The standard InChI is InChI=1S/C8H10O4S2/c1-2-14(10,11)6-7(9)12-8-4-3-5-13-8/h3-5H,2,6H2,1H3. The Morgan fingerprint density at radius 2 is 2.29 bits per heavy atom. The molecular formula is C8H10O4S2. The van der Waals surface area contributed by atoms with Gasteiger partial charge in [-0.2, -0.15) is 0 Å². The summed E-state index contributed by atoms with van der Waals surface area (Å²) < 4.78 is 26.9. The Bertz CT molecular complexity index is 391. The highest BCUT2D eigenvalue weighted by Gasteiger charge is 2.16. The van der Waals surface area contributed by atoms with Gasteiger partial charge in [-0.25, -0.2) is 8.42 Å². The lowest BCUT2D eigenvalue weighted by molar-refractivity contribution is -0.131. The Labute approximate surface area is 86.4 Å². The molecule has 0 saturated carbocycles. The Kier molecular flexibility index (Phi) is 3.65. The van der Waals surface area contributed by atoms with Gasteiger partial charge in [0.15, 0.2) is 14.9 Å². The third-order valence-corrected chi connectivity index (χ3v) is 3.79. The summed E-state index contributed by atoms with van der Waals surface area (Å²) in [7, 11) is -3.29. The second-order valence-electron chi connectivity index (χ2n) is 2.58. The molecule has 1 aromatic rings. The number of ether oxygens (including phenoxy) is 1. The number of carbonyl (C=O) groups excluding carboxylic acids is 1. The zero-order chi connectivity index (χ0) is 10.6. The number of hydrogen-bond acceptors (Lipinski definition) is 5. The number of rotatable bonds is 4. The third-order valence-electron chi connectivity index (χ3n) is 1.49. The van der Waals surface area contributed by atoms with E-state index in [2.05, 4.69) is 0 Å². The van der Waals surface area contributed by atoms with Gasteiger partial charge in [-0.3, -0.25) is 4.79 Å². The molecule has 1 rings (SSSR count). The van der Waals surface area contributed by atoms with Crippen LogP contribution in [0.4, 0.5) is 0 Å². The molecule has 0 unspecified atom stereocenters. The summed E-state index contributed by atoms with van der Waals surface area (Å²) in [4.78, 5) is 11.1. The van der Waals surface area contributed by atoms with Crippen molar-refractivity contribution in [2.45, 2.75) is 6.92 Å². The van der Waals surface area contributed by atoms with Crippen molar-refractivity contribution >= 4 is 27.1 Å². The summed E-state index contributed by atoms with van der Waals surface area (Å²) in [6.07, 6.45) is 0. The molecule has 0 spiro atoms. The van der Waals surface area contributed by atoms with Gasteiger partial charge < -0.3 is 4.74 Å². The molecule has 0 N–H and O–H groups in total. The number of thiophene rings is 1. The first-order valence-corrected chi connectivity index (χ1v) is 6.68. The fourth-order valence-electron chi connectivity index (χ4n) is 0.745. The lowest BCUT2D eigenvalue weighted by Crippen LogP contribution is -2.21. The average molecular weight is 234 g/mol. The van der Waals surface area contributed by atoms with Gasteiger partial charge in [0, 0.05) is 5.75 Å². The lowest BCUT2D eigenvalue weighted by Gasteiger charge is -2.00. The Morgan fingerprint density at radius 3 is 2.79 bits per heavy atom. The summed E-state index contributed by atoms with van der Waals surface area (Å²) in [6.45, 7) is 1.49. The second-order valence-corrected chi connectivity index (χ2v) is 5.85. The SMILES string of the molecule is CCS(=O)(=O)CC(=O)Oc1cccs1. The lowest BCUT2D eigenvalue weighted by atomic mass is 10.6. The van der Waals surface area contributed by atoms with Crippen LogP contribution in [-0.2, 0) is 14.6 Å². The van der Waals surface area contributed by atoms with Crippen LogP contribution in [-0.4, -0.2) is 25.9 Å². The van der Waals surface area contributed by atoms with Crippen LogP contribution in [0, 0.1) is 0 Å². The summed E-state index contributed by atoms with van der Waals surface area (Å²) in [5.41, 5.74) is 0. The van der Waals surface area contributed by atoms with E-state index in [1.54, 1.807) is 17.5 Å². The molecule has 1 aromatic heterocycles. The molecule has 0 bridgehead atoms. The Morgan fingerprint density at radius 1 is 1.57 bits per heavy atom. The topological polar surface area (TPSA) is 60.4 Å². The van der Waals surface area contributed by atoms with Gasteiger partial charge >= 0.3 is 5.97 Å². The highest BCUT2D eigenvalue weighted by Crippen LogP contribution is 2.18. The smallest absolute Gasteiger partial charge is 0.327 e. The van der Waals surface area contributed by atoms with Crippen LogP contribution >= 0.6 is 11.3 Å². The average Bonchev–Trinajstić information content (AvgIpc) is 2.55. The molecule has 78 valence electrons. The fourth-order valence-corrected chi connectivity index (χ4v) is 1.96. The maximum Gasteiger partial charge on any atom is 0.327 e. The molecule has 0 aliphatic carbocycles. The first-order valence-electron chi connectivity index (χ1n) is 3.98. The summed E-state index contributed by atoms with van der Waals surface area (Å²) in [5.74, 6) is -1.33. The van der Waals surface area contributed by atoms with Gasteiger partial charge in [0.2, 0.25) is 0 Å². The molecule has 4 nitrogen and oxygen atoms in total. The van der Waals surface area contributed by atoms with Gasteiger partial charge in [-0.05, 0) is 17.5 Å². The van der Waals surface area contributed by atoms with Crippen molar-refractivity contribution in [3.05, 3.63) is 17.5 Å². The third kappa shape index (κ3) is 3.47. The van der Waals surface area contributed by atoms with E-state index in [0.717, 1.165) is 0 Å². The molecular weight excluding hydrogens is 224 g/mol. The van der Waals surface area contributed by atoms with Crippen molar-refractivity contribution in [2.24, 2.45) is 0 Å². The van der Waals surface area contributed by atoms with E-state index in [1.165, 1.54) is 18.3 Å². The largest absolute Gasteiger partial charge is 0.415 e. The molecule has 0 atom stereocenters. The van der Waals surface area contributed by atoms with Crippen molar-refractivity contribution in [1.82, 2.24) is 0 Å². The minimum absolute atomic E-state index is 0.0491. The van der Waals surface area contributed by atoms with Gasteiger partial charge in [0.25, 0.3) is 0 Å². The number of esters is 1. The summed E-state index contributed by atoms with van der Waals surface area (Å²) >= 11 is 1.25. The van der Waals surface area contributed by atoms with Crippen LogP contribution in [0.1, 0.15) is 6.92 Å². The maximum absolute atomic E-state index is 11.1. The molecule has 0 aliphatic heterocycles. The molecule has 0 amide bonds. The highest BCUT2D eigenvalue weighted by atomic mass is 32.2. The van der Waals surface area contributed by atoms with Crippen LogP contribution < -0.4 is 4.74 Å². The van der Waals surface area contributed by atoms with Gasteiger partial charge in [-0.1, -0.05) is 6.92 Å². The van der Waals surface area contributed by atoms with E-state index in [4.69, 9.17) is 4.74 Å². The van der Waals surface area contributed by atoms with Crippen molar-refractivity contribution in [3.63, 3.8) is 0 Å². The number of carbonyl (C=O) groups is 1. The van der Waals surface area contributed by atoms with Gasteiger partial charge in [-0.15, -0.1) is 11.3 Å². The van der Waals surface area contributed by atoms with Gasteiger partial charge in [0.1, 0.15) is 5.75 Å². The van der Waals surface area contributed by atoms with Crippen molar-refractivity contribution in [2.75, 3.05) is 11.5 Å². The molecule has 0 radical (unpaired) electrons. The van der Waals surface area contributed by atoms with E-state index in [1.807, 2.05) is 0 Å². The molecule has 0 saturated heterocycles. The summed E-state index contributed by atoms with van der Waals surface area (Å²) in [5, 5.41) is 2.16. The quantitative estimate of drug-likeness (QED) is 0.732.